The molecule has 8 rings (SSSR count). The molecule has 2 fully saturated rings. The number of nitrogens with zero attached hydrogens (tertiary/aromatic N) is 2. The summed E-state index contributed by atoms with van der Waals surface area (Å²) in [5.41, 5.74) is 0.477. The number of amides is 2. The number of nitro groups is 1. The van der Waals surface area contributed by atoms with E-state index in [1.807, 2.05) is 121 Å². The second-order valence-electron chi connectivity index (χ2n) is 12.0. The number of nitro benzene ring substituents is 1. The van der Waals surface area contributed by atoms with Gasteiger partial charge in [0.1, 0.15) is 0 Å². The third-order valence-electron chi connectivity index (χ3n) is 9.96. The molecule has 2 aliphatic carbocycles. The highest BCUT2D eigenvalue weighted by Crippen LogP contribution is 2.74. The molecule has 3 aliphatic rings. The van der Waals surface area contributed by atoms with Crippen molar-refractivity contribution in [2.45, 2.75) is 10.8 Å². The van der Waals surface area contributed by atoms with E-state index in [4.69, 9.17) is 11.6 Å². The SMILES string of the molecule is O=C1C2C(C(=O)N1c1cc([N+](=O)[O-])ccc1Cl)C1(c3ccccc3)C(=O)C2(c2ccccc2)C(c2ccccc2)=C1c1ccccc1. The highest BCUT2D eigenvalue weighted by atomic mass is 35.5. The van der Waals surface area contributed by atoms with Crippen molar-refractivity contribution < 1.29 is 19.3 Å². The normalized spacial score (nSPS) is 24.6. The van der Waals surface area contributed by atoms with Gasteiger partial charge in [0.05, 0.1) is 38.3 Å². The number of halogens is 1. The van der Waals surface area contributed by atoms with Crippen molar-refractivity contribution in [3.05, 3.63) is 177 Å². The van der Waals surface area contributed by atoms with E-state index >= 15 is 14.4 Å². The van der Waals surface area contributed by atoms with Crippen LogP contribution >= 0.6 is 11.6 Å². The zero-order chi connectivity index (χ0) is 32.5. The molecule has 0 N–H and O–H groups in total. The van der Waals surface area contributed by atoms with Gasteiger partial charge in [-0.2, -0.15) is 0 Å². The van der Waals surface area contributed by atoms with Gasteiger partial charge in [-0.25, -0.2) is 4.90 Å². The van der Waals surface area contributed by atoms with Crippen LogP contribution < -0.4 is 4.90 Å². The van der Waals surface area contributed by atoms with E-state index in [-0.39, 0.29) is 22.2 Å². The summed E-state index contributed by atoms with van der Waals surface area (Å²) in [6.45, 7) is 0. The van der Waals surface area contributed by atoms with Crippen molar-refractivity contribution in [3.63, 3.8) is 0 Å². The maximum Gasteiger partial charge on any atom is 0.271 e. The molecule has 5 aromatic carbocycles. The number of carbonyl (C=O) groups is 3. The lowest BCUT2D eigenvalue weighted by Gasteiger charge is -2.39. The summed E-state index contributed by atoms with van der Waals surface area (Å²) in [4.78, 5) is 58.1. The Labute approximate surface area is 274 Å². The summed E-state index contributed by atoms with van der Waals surface area (Å²) >= 11 is 6.59. The van der Waals surface area contributed by atoms with Crippen LogP contribution in [0.5, 0.6) is 0 Å². The monoisotopic (exact) mass is 636 g/mol. The highest BCUT2D eigenvalue weighted by Gasteiger charge is 2.82. The number of hydrogen-bond donors (Lipinski definition) is 0. The lowest BCUT2D eigenvalue weighted by atomic mass is 9.59. The first kappa shape index (κ1) is 28.8. The van der Waals surface area contributed by atoms with E-state index < -0.39 is 39.4 Å². The van der Waals surface area contributed by atoms with E-state index in [0.29, 0.717) is 22.3 Å². The Kier molecular flexibility index (Phi) is 6.39. The average molecular weight is 637 g/mol. The van der Waals surface area contributed by atoms with Gasteiger partial charge in [0.15, 0.2) is 5.78 Å². The summed E-state index contributed by atoms with van der Waals surface area (Å²) in [6.07, 6.45) is 0. The van der Waals surface area contributed by atoms with Gasteiger partial charge in [0.2, 0.25) is 11.8 Å². The Morgan fingerprint density at radius 2 is 1.00 bits per heavy atom. The molecule has 0 spiro atoms. The fourth-order valence-electron chi connectivity index (χ4n) is 8.36. The van der Waals surface area contributed by atoms with E-state index in [1.54, 1.807) is 0 Å². The van der Waals surface area contributed by atoms with Crippen LogP contribution in [0.4, 0.5) is 11.4 Å². The largest absolute Gasteiger partial charge is 0.297 e. The maximum absolute atomic E-state index is 15.9. The average Bonchev–Trinajstić information content (AvgIpc) is 3.62. The second-order valence-corrected chi connectivity index (χ2v) is 12.4. The quantitative estimate of drug-likeness (QED) is 0.110. The van der Waals surface area contributed by atoms with Crippen LogP contribution in [-0.2, 0) is 25.2 Å². The van der Waals surface area contributed by atoms with Crippen LogP contribution in [0.3, 0.4) is 0 Å². The number of hydrogen-bond acceptors (Lipinski definition) is 5. The number of fused-ring (bicyclic) bond motifs is 5. The van der Waals surface area contributed by atoms with Crippen molar-refractivity contribution in [2.75, 3.05) is 4.90 Å². The highest BCUT2D eigenvalue weighted by molar-refractivity contribution is 6.41. The molecule has 2 bridgehead atoms. The Balaban J connectivity index is 1.54. The van der Waals surface area contributed by atoms with Crippen molar-refractivity contribution in [1.82, 2.24) is 0 Å². The number of Topliss-reactive ketones (excluding diaryl/α,β-unsaturated/α-hetero) is 1. The number of anilines is 1. The predicted molar refractivity (Wildman–Crippen MR) is 179 cm³/mol. The van der Waals surface area contributed by atoms with Gasteiger partial charge in [-0.05, 0) is 39.5 Å². The number of imide groups is 1. The molecule has 4 unspecified atom stereocenters. The molecule has 0 aromatic heterocycles. The van der Waals surface area contributed by atoms with Gasteiger partial charge in [-0.1, -0.05) is 133 Å². The summed E-state index contributed by atoms with van der Waals surface area (Å²) in [7, 11) is 0. The Morgan fingerprint density at radius 3 is 1.40 bits per heavy atom. The standard InChI is InChI=1S/C39H25ClN2O5/c40-29-22-21-28(42(46)47)23-30(29)41-35(43)33-34(36(41)44)39(27-19-11-4-12-20-27)32(25-15-7-2-8-16-25)31(24-13-5-1-6-14-24)38(33,37(39)45)26-17-9-3-10-18-26/h1-23,33-34H. The first-order valence-electron chi connectivity index (χ1n) is 15.2. The van der Waals surface area contributed by atoms with E-state index in [1.165, 1.54) is 12.1 Å². The molecule has 228 valence electrons. The third-order valence-corrected chi connectivity index (χ3v) is 10.3. The minimum atomic E-state index is -1.58. The zero-order valence-electron chi connectivity index (χ0n) is 24.7. The van der Waals surface area contributed by atoms with Crippen LogP contribution in [0.1, 0.15) is 22.3 Å². The van der Waals surface area contributed by atoms with Crippen LogP contribution in [0.15, 0.2) is 140 Å². The Bertz CT molecular complexity index is 2030. The van der Waals surface area contributed by atoms with Gasteiger partial charge in [0, 0.05) is 12.1 Å². The second kappa shape index (κ2) is 10.4. The lowest BCUT2D eigenvalue weighted by molar-refractivity contribution is -0.384. The van der Waals surface area contributed by atoms with Crippen LogP contribution in [0.25, 0.3) is 11.1 Å². The van der Waals surface area contributed by atoms with E-state index in [2.05, 4.69) is 0 Å². The van der Waals surface area contributed by atoms with Crippen molar-refractivity contribution >= 4 is 51.7 Å². The van der Waals surface area contributed by atoms with Crippen LogP contribution in [0, 0.1) is 22.0 Å². The van der Waals surface area contributed by atoms with Crippen molar-refractivity contribution in [2.24, 2.45) is 11.8 Å². The van der Waals surface area contributed by atoms with E-state index in [9.17, 15) is 10.1 Å². The summed E-state index contributed by atoms with van der Waals surface area (Å²) in [6, 6.07) is 41.1. The molecule has 5 aromatic rings. The molecular weight excluding hydrogens is 612 g/mol. The van der Waals surface area contributed by atoms with Gasteiger partial charge in [-0.15, -0.1) is 0 Å². The minimum absolute atomic E-state index is 0.0120. The Morgan fingerprint density at radius 1 is 0.596 bits per heavy atom. The molecule has 2 amide bonds. The predicted octanol–water partition coefficient (Wildman–Crippen LogP) is 7.44. The van der Waals surface area contributed by atoms with Crippen molar-refractivity contribution in [3.8, 4) is 0 Å². The molecule has 1 aliphatic heterocycles. The van der Waals surface area contributed by atoms with Crippen LogP contribution in [0.2, 0.25) is 5.02 Å². The van der Waals surface area contributed by atoms with E-state index in [0.717, 1.165) is 22.1 Å². The fourth-order valence-corrected chi connectivity index (χ4v) is 8.56. The molecule has 8 heteroatoms. The molecule has 1 saturated heterocycles. The minimum Gasteiger partial charge on any atom is -0.297 e. The fraction of sp³-hybridized carbons (Fsp3) is 0.103. The van der Waals surface area contributed by atoms with Crippen molar-refractivity contribution in [1.29, 1.82) is 0 Å². The Hall–Kier alpha value is -5.66. The summed E-state index contributed by atoms with van der Waals surface area (Å²) in [5.74, 6) is -3.83. The maximum atomic E-state index is 15.9. The number of rotatable bonds is 6. The van der Waals surface area contributed by atoms with Gasteiger partial charge < -0.3 is 0 Å². The smallest absolute Gasteiger partial charge is 0.271 e. The lowest BCUT2D eigenvalue weighted by Crippen LogP contribution is -2.45. The number of non-ortho nitro benzene ring substituents is 1. The molecule has 0 radical (unpaired) electrons. The van der Waals surface area contributed by atoms with Gasteiger partial charge in [-0.3, -0.25) is 24.5 Å². The zero-order valence-corrected chi connectivity index (χ0v) is 25.5. The van der Waals surface area contributed by atoms with Crippen LogP contribution in [-0.4, -0.2) is 22.5 Å². The molecule has 7 nitrogen and oxygen atoms in total. The molecule has 47 heavy (non-hydrogen) atoms. The third kappa shape index (κ3) is 3.66. The number of benzene rings is 5. The first-order valence-corrected chi connectivity index (χ1v) is 15.6. The molecule has 4 atom stereocenters. The molecular formula is C39H25ClN2O5. The summed E-state index contributed by atoms with van der Waals surface area (Å²) in [5, 5.41) is 11.8. The first-order chi connectivity index (χ1) is 22.8. The number of allylic oxidation sites excluding steroid dienone is 2. The molecule has 1 heterocycles. The van der Waals surface area contributed by atoms with Gasteiger partial charge in [0.25, 0.3) is 5.69 Å². The summed E-state index contributed by atoms with van der Waals surface area (Å²) < 4.78 is 0. The van der Waals surface area contributed by atoms with Gasteiger partial charge >= 0.3 is 0 Å². The number of carbonyl (C=O) groups excluding carboxylic acids is 3. The number of ketones is 1. The topological polar surface area (TPSA) is 97.6 Å². The molecule has 1 saturated carbocycles.